The van der Waals surface area contributed by atoms with Gasteiger partial charge in [-0.15, -0.1) is 0 Å². The van der Waals surface area contributed by atoms with E-state index in [4.69, 9.17) is 9.73 Å². The molecule has 0 radical (unpaired) electrons. The molecule has 7 heteroatoms. The van der Waals surface area contributed by atoms with Crippen molar-refractivity contribution in [2.24, 2.45) is 4.99 Å². The number of aromatic nitrogens is 2. The maximum Gasteiger partial charge on any atom is 0.225 e. The van der Waals surface area contributed by atoms with E-state index in [0.29, 0.717) is 0 Å². The molecule has 2 aromatic rings. The van der Waals surface area contributed by atoms with Crippen molar-refractivity contribution in [3.63, 3.8) is 0 Å². The normalized spacial score (nSPS) is 14.8. The highest BCUT2D eigenvalue weighted by molar-refractivity contribution is 5.80. The highest BCUT2D eigenvalue weighted by atomic mass is 16.5. The average molecular weight is 411 g/mol. The molecule has 1 aromatic carbocycles. The first-order chi connectivity index (χ1) is 14.9. The van der Waals surface area contributed by atoms with E-state index in [1.165, 1.54) is 5.56 Å². The molecule has 0 unspecified atom stereocenters. The number of rotatable bonds is 10. The lowest BCUT2D eigenvalue weighted by molar-refractivity contribution is 0.134. The Morgan fingerprint density at radius 3 is 2.50 bits per heavy atom. The van der Waals surface area contributed by atoms with E-state index in [1.807, 2.05) is 12.1 Å². The van der Waals surface area contributed by atoms with E-state index in [9.17, 15) is 0 Å². The molecule has 3 rings (SSSR count). The molecule has 0 bridgehead atoms. The van der Waals surface area contributed by atoms with Crippen LogP contribution in [0.3, 0.4) is 0 Å². The Hall–Kier alpha value is -2.67. The van der Waals surface area contributed by atoms with Gasteiger partial charge >= 0.3 is 0 Å². The smallest absolute Gasteiger partial charge is 0.225 e. The quantitative estimate of drug-likeness (QED) is 0.369. The fourth-order valence-electron chi connectivity index (χ4n) is 3.44. The molecule has 1 aliphatic heterocycles. The lowest BCUT2D eigenvalue weighted by atomic mass is 10.2. The zero-order chi connectivity index (χ0) is 20.9. The van der Waals surface area contributed by atoms with Crippen LogP contribution in [0.1, 0.15) is 25.3 Å². The molecule has 2 heterocycles. The number of hydrogen-bond acceptors (Lipinski definition) is 5. The summed E-state index contributed by atoms with van der Waals surface area (Å²) < 4.78 is 5.77. The van der Waals surface area contributed by atoms with Gasteiger partial charge in [-0.2, -0.15) is 0 Å². The van der Waals surface area contributed by atoms with Gasteiger partial charge < -0.3 is 19.9 Å². The fourth-order valence-corrected chi connectivity index (χ4v) is 3.44. The lowest BCUT2D eigenvalue weighted by Crippen LogP contribution is -2.53. The average Bonchev–Trinajstić information content (AvgIpc) is 2.81. The van der Waals surface area contributed by atoms with Gasteiger partial charge in [0, 0.05) is 58.3 Å². The Labute approximate surface area is 180 Å². The van der Waals surface area contributed by atoms with Crippen LogP contribution < -0.4 is 10.2 Å². The van der Waals surface area contributed by atoms with E-state index in [1.54, 1.807) is 12.4 Å². The lowest BCUT2D eigenvalue weighted by Gasteiger charge is -2.36. The summed E-state index contributed by atoms with van der Waals surface area (Å²) in [6.45, 7) is 9.06. The van der Waals surface area contributed by atoms with Crippen LogP contribution in [0.2, 0.25) is 0 Å². The van der Waals surface area contributed by atoms with E-state index < -0.39 is 0 Å². The fraction of sp³-hybridized carbons (Fsp3) is 0.522. The van der Waals surface area contributed by atoms with E-state index in [0.717, 1.165) is 83.7 Å². The number of hydrogen-bond donors (Lipinski definition) is 1. The third kappa shape index (κ3) is 7.30. The number of nitrogens with one attached hydrogen (secondary N) is 1. The first-order valence-electron chi connectivity index (χ1n) is 11.0. The molecular formula is C23H34N6O. The molecule has 1 fully saturated rings. The SMILES string of the molecule is CCNC(=NCCCCOCCc1ccccc1)N1CCN(c2ncccn2)CC1. The largest absolute Gasteiger partial charge is 0.381 e. The van der Waals surface area contributed by atoms with Gasteiger partial charge in [0.1, 0.15) is 0 Å². The molecule has 7 nitrogen and oxygen atoms in total. The predicted octanol–water partition coefficient (Wildman–Crippen LogP) is 2.60. The van der Waals surface area contributed by atoms with Crippen LogP contribution in [-0.4, -0.2) is 73.3 Å². The van der Waals surface area contributed by atoms with Gasteiger partial charge in [0.25, 0.3) is 0 Å². The molecule has 162 valence electrons. The summed E-state index contributed by atoms with van der Waals surface area (Å²) in [5, 5.41) is 3.43. The van der Waals surface area contributed by atoms with Crippen LogP contribution in [0.4, 0.5) is 5.95 Å². The van der Waals surface area contributed by atoms with Gasteiger partial charge in [-0.05, 0) is 37.8 Å². The van der Waals surface area contributed by atoms with Gasteiger partial charge in [0.2, 0.25) is 5.95 Å². The molecule has 30 heavy (non-hydrogen) atoms. The Kier molecular flexibility index (Phi) is 9.40. The molecule has 1 aliphatic rings. The summed E-state index contributed by atoms with van der Waals surface area (Å²) in [7, 11) is 0. The molecule has 1 N–H and O–H groups in total. The third-order valence-electron chi connectivity index (χ3n) is 5.09. The minimum absolute atomic E-state index is 0.783. The van der Waals surface area contributed by atoms with Crippen molar-refractivity contribution in [1.29, 1.82) is 0 Å². The second kappa shape index (κ2) is 12.8. The monoisotopic (exact) mass is 410 g/mol. The number of anilines is 1. The first-order valence-corrected chi connectivity index (χ1v) is 11.0. The van der Waals surface area contributed by atoms with Gasteiger partial charge in [0.05, 0.1) is 6.61 Å². The van der Waals surface area contributed by atoms with Gasteiger partial charge in [-0.3, -0.25) is 4.99 Å². The molecular weight excluding hydrogens is 376 g/mol. The standard InChI is InChI=1S/C23H34N6O/c1-2-24-22(28-15-17-29(18-16-28)23-26-13-8-14-27-23)25-12-6-7-19-30-20-11-21-9-4-3-5-10-21/h3-5,8-10,13-14H,2,6-7,11-12,15-20H2,1H3,(H,24,25). The molecule has 0 saturated carbocycles. The number of nitrogens with zero attached hydrogens (tertiary/aromatic N) is 5. The van der Waals surface area contributed by atoms with Crippen molar-refractivity contribution in [2.45, 2.75) is 26.2 Å². The topological polar surface area (TPSA) is 65.9 Å². The zero-order valence-corrected chi connectivity index (χ0v) is 18.0. The van der Waals surface area contributed by atoms with Crippen LogP contribution in [0.5, 0.6) is 0 Å². The summed E-state index contributed by atoms with van der Waals surface area (Å²) in [5.41, 5.74) is 1.33. The van der Waals surface area contributed by atoms with Crippen molar-refractivity contribution in [3.8, 4) is 0 Å². The minimum Gasteiger partial charge on any atom is -0.381 e. The summed E-state index contributed by atoms with van der Waals surface area (Å²) in [4.78, 5) is 18.1. The molecule has 0 atom stereocenters. The van der Waals surface area contributed by atoms with Crippen molar-refractivity contribution in [1.82, 2.24) is 20.2 Å². The van der Waals surface area contributed by atoms with Gasteiger partial charge in [0.15, 0.2) is 5.96 Å². The van der Waals surface area contributed by atoms with Crippen LogP contribution in [-0.2, 0) is 11.2 Å². The number of piperazine rings is 1. The molecule has 0 aliphatic carbocycles. The van der Waals surface area contributed by atoms with Crippen molar-refractivity contribution in [2.75, 3.05) is 57.4 Å². The van der Waals surface area contributed by atoms with Crippen molar-refractivity contribution >= 4 is 11.9 Å². The molecule has 0 spiro atoms. The van der Waals surface area contributed by atoms with E-state index >= 15 is 0 Å². The Balaban J connectivity index is 1.32. The van der Waals surface area contributed by atoms with Gasteiger partial charge in [-0.1, -0.05) is 30.3 Å². The van der Waals surface area contributed by atoms with E-state index in [2.05, 4.69) is 56.3 Å². The third-order valence-corrected chi connectivity index (χ3v) is 5.09. The van der Waals surface area contributed by atoms with Crippen molar-refractivity contribution < 1.29 is 4.74 Å². The highest BCUT2D eigenvalue weighted by Gasteiger charge is 2.20. The second-order valence-corrected chi connectivity index (χ2v) is 7.31. The second-order valence-electron chi connectivity index (χ2n) is 7.31. The Morgan fingerprint density at radius 2 is 1.77 bits per heavy atom. The predicted molar refractivity (Wildman–Crippen MR) is 122 cm³/mol. The summed E-state index contributed by atoms with van der Waals surface area (Å²) in [6.07, 6.45) is 6.65. The van der Waals surface area contributed by atoms with E-state index in [-0.39, 0.29) is 0 Å². The first kappa shape index (κ1) is 22.0. The highest BCUT2D eigenvalue weighted by Crippen LogP contribution is 2.10. The van der Waals surface area contributed by atoms with Crippen LogP contribution in [0, 0.1) is 0 Å². The summed E-state index contributed by atoms with van der Waals surface area (Å²) in [5.74, 6) is 1.82. The summed E-state index contributed by atoms with van der Waals surface area (Å²) in [6, 6.07) is 12.3. The number of benzene rings is 1. The van der Waals surface area contributed by atoms with Gasteiger partial charge in [-0.25, -0.2) is 9.97 Å². The number of unbranched alkanes of at least 4 members (excludes halogenated alkanes) is 1. The maximum atomic E-state index is 5.77. The van der Waals surface area contributed by atoms with Crippen molar-refractivity contribution in [3.05, 3.63) is 54.4 Å². The minimum atomic E-state index is 0.783. The Bertz CT molecular complexity index is 732. The Morgan fingerprint density at radius 1 is 1.00 bits per heavy atom. The van der Waals surface area contributed by atoms with Crippen LogP contribution in [0.15, 0.2) is 53.8 Å². The number of ether oxygens (including phenoxy) is 1. The summed E-state index contributed by atoms with van der Waals surface area (Å²) >= 11 is 0. The molecule has 0 amide bonds. The maximum absolute atomic E-state index is 5.77. The molecule has 1 aromatic heterocycles. The molecule has 1 saturated heterocycles. The number of guanidine groups is 1. The van der Waals surface area contributed by atoms with Crippen LogP contribution in [0.25, 0.3) is 0 Å². The number of aliphatic imine (C=N–C) groups is 1. The zero-order valence-electron chi connectivity index (χ0n) is 18.0. The van der Waals surface area contributed by atoms with Crippen LogP contribution >= 0.6 is 0 Å².